The third-order valence-corrected chi connectivity index (χ3v) is 5.96. The van der Waals surface area contributed by atoms with Gasteiger partial charge in [0.1, 0.15) is 0 Å². The molecule has 156 valence electrons. The van der Waals surface area contributed by atoms with Crippen LogP contribution in [0.2, 0.25) is 5.02 Å². The van der Waals surface area contributed by atoms with Gasteiger partial charge in [-0.2, -0.15) is 13.2 Å². The molecule has 0 atom stereocenters. The van der Waals surface area contributed by atoms with E-state index in [-0.39, 0.29) is 37.4 Å². The van der Waals surface area contributed by atoms with Gasteiger partial charge in [0.05, 0.1) is 16.6 Å². The lowest BCUT2D eigenvalue weighted by Crippen LogP contribution is -2.50. The van der Waals surface area contributed by atoms with Gasteiger partial charge in [-0.25, -0.2) is 0 Å². The van der Waals surface area contributed by atoms with Crippen LogP contribution in [0.15, 0.2) is 48.5 Å². The first kappa shape index (κ1) is 21.7. The zero-order valence-electron chi connectivity index (χ0n) is 16.3. The van der Waals surface area contributed by atoms with E-state index in [4.69, 9.17) is 11.6 Å². The molecule has 1 aliphatic rings. The van der Waals surface area contributed by atoms with Crippen molar-refractivity contribution >= 4 is 17.5 Å². The van der Waals surface area contributed by atoms with Crippen molar-refractivity contribution < 1.29 is 23.1 Å². The zero-order valence-corrected chi connectivity index (χ0v) is 17.0. The van der Waals surface area contributed by atoms with Gasteiger partial charge in [0.25, 0.3) is 0 Å². The SMILES string of the molecule is CC(C)(C(=O)N1CCC(O)(c2ccccc2C(F)(F)F)CC1)c1ccc(Cl)cc1. The van der Waals surface area contributed by atoms with E-state index in [9.17, 15) is 23.1 Å². The number of alkyl halides is 3. The van der Waals surface area contributed by atoms with Crippen LogP contribution in [0.5, 0.6) is 0 Å². The molecule has 2 aromatic carbocycles. The molecule has 3 nitrogen and oxygen atoms in total. The van der Waals surface area contributed by atoms with E-state index in [1.807, 2.05) is 0 Å². The molecule has 0 bridgehead atoms. The molecule has 1 aliphatic heterocycles. The molecule has 0 spiro atoms. The first-order valence-corrected chi connectivity index (χ1v) is 9.77. The first-order chi connectivity index (χ1) is 13.4. The molecule has 0 aliphatic carbocycles. The van der Waals surface area contributed by atoms with Crippen LogP contribution in [0.25, 0.3) is 0 Å². The second kappa shape index (κ2) is 7.65. The summed E-state index contributed by atoms with van der Waals surface area (Å²) in [5.41, 5.74) is -2.59. The van der Waals surface area contributed by atoms with Crippen LogP contribution < -0.4 is 0 Å². The first-order valence-electron chi connectivity index (χ1n) is 9.40. The molecule has 0 saturated carbocycles. The number of hydrogen-bond acceptors (Lipinski definition) is 2. The van der Waals surface area contributed by atoms with Gasteiger partial charge < -0.3 is 10.0 Å². The lowest BCUT2D eigenvalue weighted by molar-refractivity contribution is -0.146. The highest BCUT2D eigenvalue weighted by molar-refractivity contribution is 6.30. The molecule has 0 unspecified atom stereocenters. The number of carbonyl (C=O) groups is 1. The largest absolute Gasteiger partial charge is 0.416 e. The van der Waals surface area contributed by atoms with Crippen LogP contribution in [0.1, 0.15) is 43.4 Å². The van der Waals surface area contributed by atoms with Crippen molar-refractivity contribution in [2.75, 3.05) is 13.1 Å². The number of rotatable bonds is 3. The molecular weight excluding hydrogens is 403 g/mol. The van der Waals surface area contributed by atoms with Gasteiger partial charge in [-0.05, 0) is 56.0 Å². The van der Waals surface area contributed by atoms with Gasteiger partial charge in [-0.3, -0.25) is 4.79 Å². The Labute approximate surface area is 173 Å². The fraction of sp³-hybridized carbons (Fsp3) is 0.409. The number of benzene rings is 2. The third kappa shape index (κ3) is 4.28. The topological polar surface area (TPSA) is 40.5 Å². The maximum absolute atomic E-state index is 13.4. The van der Waals surface area contributed by atoms with Crippen LogP contribution in [-0.4, -0.2) is 29.0 Å². The summed E-state index contributed by atoms with van der Waals surface area (Å²) in [6.45, 7) is 3.97. The van der Waals surface area contributed by atoms with Gasteiger partial charge in [0.2, 0.25) is 5.91 Å². The van der Waals surface area contributed by atoms with E-state index in [1.54, 1.807) is 43.0 Å². The zero-order chi connectivity index (χ0) is 21.4. The summed E-state index contributed by atoms with van der Waals surface area (Å²) in [5, 5.41) is 11.6. The van der Waals surface area contributed by atoms with E-state index in [0.29, 0.717) is 5.02 Å². The number of carbonyl (C=O) groups excluding carboxylic acids is 1. The van der Waals surface area contributed by atoms with E-state index < -0.39 is 22.8 Å². The van der Waals surface area contributed by atoms with Gasteiger partial charge in [0.15, 0.2) is 0 Å². The minimum Gasteiger partial charge on any atom is -0.385 e. The molecule has 2 aromatic rings. The van der Waals surface area contributed by atoms with Gasteiger partial charge in [0, 0.05) is 18.1 Å². The Balaban J connectivity index is 1.78. The van der Waals surface area contributed by atoms with Gasteiger partial charge in [-0.1, -0.05) is 41.9 Å². The van der Waals surface area contributed by atoms with Crippen LogP contribution >= 0.6 is 11.6 Å². The number of halogens is 4. The van der Waals surface area contributed by atoms with Crippen molar-refractivity contribution in [3.63, 3.8) is 0 Å². The smallest absolute Gasteiger partial charge is 0.385 e. The fourth-order valence-electron chi connectivity index (χ4n) is 3.87. The average Bonchev–Trinajstić information content (AvgIpc) is 2.68. The Morgan fingerprint density at radius 3 is 2.14 bits per heavy atom. The highest BCUT2D eigenvalue weighted by Crippen LogP contribution is 2.41. The molecule has 1 N–H and O–H groups in total. The molecule has 0 radical (unpaired) electrons. The molecule has 1 amide bonds. The molecule has 29 heavy (non-hydrogen) atoms. The summed E-state index contributed by atoms with van der Waals surface area (Å²) in [7, 11) is 0. The third-order valence-electron chi connectivity index (χ3n) is 5.71. The normalized spacial score (nSPS) is 17.3. The Morgan fingerprint density at radius 2 is 1.59 bits per heavy atom. The molecule has 3 rings (SSSR count). The Bertz CT molecular complexity index is 886. The van der Waals surface area contributed by atoms with E-state index in [2.05, 4.69) is 0 Å². The van der Waals surface area contributed by atoms with Crippen molar-refractivity contribution in [1.82, 2.24) is 4.90 Å². The number of amides is 1. The summed E-state index contributed by atoms with van der Waals surface area (Å²) in [5.74, 6) is -0.133. The molecule has 0 aromatic heterocycles. The van der Waals surface area contributed by atoms with Crippen molar-refractivity contribution in [3.05, 3.63) is 70.2 Å². The number of nitrogens with zero attached hydrogens (tertiary/aromatic N) is 1. The van der Waals surface area contributed by atoms with Gasteiger partial charge >= 0.3 is 6.18 Å². The summed E-state index contributed by atoms with van der Waals surface area (Å²) in [6, 6.07) is 12.1. The standard InChI is InChI=1S/C22H23ClF3NO2/c1-20(2,15-7-9-16(23)10-8-15)19(28)27-13-11-21(29,12-14-27)17-5-3-4-6-18(17)22(24,25)26/h3-10,29H,11-14H2,1-2H3. The second-order valence-electron chi connectivity index (χ2n) is 8.00. The molecule has 1 fully saturated rings. The Morgan fingerprint density at radius 1 is 1.03 bits per heavy atom. The van der Waals surface area contributed by atoms with Crippen molar-refractivity contribution in [2.24, 2.45) is 0 Å². The summed E-state index contributed by atoms with van der Waals surface area (Å²) >= 11 is 5.92. The van der Waals surface area contributed by atoms with Crippen molar-refractivity contribution in [1.29, 1.82) is 0 Å². The summed E-state index contributed by atoms with van der Waals surface area (Å²) < 4.78 is 40.1. The average molecular weight is 426 g/mol. The van der Waals surface area contributed by atoms with E-state index >= 15 is 0 Å². The molecule has 1 heterocycles. The quantitative estimate of drug-likeness (QED) is 0.739. The minimum absolute atomic E-state index is 0.0442. The molecule has 1 saturated heterocycles. The number of hydrogen-bond donors (Lipinski definition) is 1. The Hall–Kier alpha value is -2.05. The number of likely N-dealkylation sites (tertiary alicyclic amines) is 1. The van der Waals surface area contributed by atoms with Gasteiger partial charge in [-0.15, -0.1) is 0 Å². The summed E-state index contributed by atoms with van der Waals surface area (Å²) in [6.07, 6.45) is -4.46. The van der Waals surface area contributed by atoms with Crippen LogP contribution in [-0.2, 0) is 22.0 Å². The maximum atomic E-state index is 13.4. The lowest BCUT2D eigenvalue weighted by Gasteiger charge is -2.42. The predicted molar refractivity (Wildman–Crippen MR) is 106 cm³/mol. The maximum Gasteiger partial charge on any atom is 0.416 e. The van der Waals surface area contributed by atoms with E-state index in [0.717, 1.165) is 11.6 Å². The second-order valence-corrected chi connectivity index (χ2v) is 8.44. The monoisotopic (exact) mass is 425 g/mol. The molecule has 7 heteroatoms. The minimum atomic E-state index is -4.55. The molecular formula is C22H23ClF3NO2. The number of piperidine rings is 1. The summed E-state index contributed by atoms with van der Waals surface area (Å²) in [4.78, 5) is 14.7. The fourth-order valence-corrected chi connectivity index (χ4v) is 4.00. The highest BCUT2D eigenvalue weighted by atomic mass is 35.5. The van der Waals surface area contributed by atoms with Crippen LogP contribution in [0.4, 0.5) is 13.2 Å². The lowest BCUT2D eigenvalue weighted by atomic mass is 9.79. The van der Waals surface area contributed by atoms with Crippen LogP contribution in [0, 0.1) is 0 Å². The highest BCUT2D eigenvalue weighted by Gasteiger charge is 2.44. The van der Waals surface area contributed by atoms with E-state index in [1.165, 1.54) is 18.2 Å². The Kier molecular flexibility index (Phi) is 5.71. The number of aliphatic hydroxyl groups is 1. The predicted octanol–water partition coefficient (Wildman–Crippen LogP) is 5.15. The van der Waals surface area contributed by atoms with Crippen molar-refractivity contribution in [2.45, 2.75) is 43.9 Å². The van der Waals surface area contributed by atoms with Crippen LogP contribution in [0.3, 0.4) is 0 Å². The van der Waals surface area contributed by atoms with Crippen molar-refractivity contribution in [3.8, 4) is 0 Å².